The molecule has 0 rings (SSSR count). The van der Waals surface area contributed by atoms with Crippen LogP contribution in [0.2, 0.25) is 0 Å². The average Bonchev–Trinajstić information content (AvgIpc) is 2.83. The van der Waals surface area contributed by atoms with Crippen molar-refractivity contribution in [1.29, 1.82) is 0 Å². The van der Waals surface area contributed by atoms with Gasteiger partial charge in [-0.15, -0.1) is 0 Å². The van der Waals surface area contributed by atoms with Gasteiger partial charge in [-0.1, -0.05) is 129 Å². The van der Waals surface area contributed by atoms with Crippen LogP contribution in [0.5, 0.6) is 0 Å². The van der Waals surface area contributed by atoms with Crippen LogP contribution in [0, 0.1) is 0 Å². The van der Waals surface area contributed by atoms with Gasteiger partial charge in [0.1, 0.15) is 0 Å². The summed E-state index contributed by atoms with van der Waals surface area (Å²) in [6.45, 7) is 5.66. The number of carbonyl (C=O) groups is 2. The minimum absolute atomic E-state index is 0.0219. The van der Waals surface area contributed by atoms with Crippen LogP contribution in [0.4, 0.5) is 0 Å². The van der Waals surface area contributed by atoms with Gasteiger partial charge in [0.15, 0.2) is 0 Å². The highest BCUT2D eigenvalue weighted by atomic mass is 16.5. The maximum absolute atomic E-state index is 11.8. The molecule has 0 unspecified atom stereocenters. The summed E-state index contributed by atoms with van der Waals surface area (Å²) in [5.41, 5.74) is 0. The first kappa shape index (κ1) is 32.9. The molecule has 0 aromatic carbocycles. The van der Waals surface area contributed by atoms with Crippen LogP contribution in [-0.2, 0) is 19.1 Å². The van der Waals surface area contributed by atoms with Gasteiger partial charge in [0.25, 0.3) is 0 Å². The number of hydrogen-bond donors (Lipinski definition) is 0. The van der Waals surface area contributed by atoms with Gasteiger partial charge in [0, 0.05) is 12.8 Å². The summed E-state index contributed by atoms with van der Waals surface area (Å²) in [6, 6.07) is 0. The van der Waals surface area contributed by atoms with Gasteiger partial charge in [-0.05, 0) is 25.7 Å². The lowest BCUT2D eigenvalue weighted by Gasteiger charge is -2.06. The topological polar surface area (TPSA) is 52.6 Å². The van der Waals surface area contributed by atoms with Gasteiger partial charge < -0.3 is 9.47 Å². The molecule has 0 amide bonds. The maximum atomic E-state index is 11.8. The molecule has 34 heavy (non-hydrogen) atoms. The Morgan fingerprint density at radius 3 is 0.971 bits per heavy atom. The quantitative estimate of drug-likeness (QED) is 0.0864. The first-order valence-corrected chi connectivity index (χ1v) is 15.0. The van der Waals surface area contributed by atoms with Crippen LogP contribution in [0.25, 0.3) is 0 Å². The Morgan fingerprint density at radius 2 is 0.647 bits per heavy atom. The molecule has 0 aromatic rings. The zero-order chi connectivity index (χ0) is 25.0. The second-order valence-corrected chi connectivity index (χ2v) is 10.0. The molecule has 0 aliphatic carbocycles. The number of ether oxygens (including phenoxy) is 2. The lowest BCUT2D eigenvalue weighted by atomic mass is 10.1. The minimum atomic E-state index is -0.0251. The van der Waals surface area contributed by atoms with Crippen LogP contribution in [0.1, 0.15) is 168 Å². The third kappa shape index (κ3) is 27.2. The lowest BCUT2D eigenvalue weighted by Crippen LogP contribution is -2.05. The van der Waals surface area contributed by atoms with E-state index in [4.69, 9.17) is 9.47 Å². The zero-order valence-corrected chi connectivity index (χ0v) is 23.0. The summed E-state index contributed by atoms with van der Waals surface area (Å²) in [6.07, 6.45) is 27.5. The van der Waals surface area contributed by atoms with E-state index in [1.807, 2.05) is 0 Å². The number of unbranched alkanes of at least 4 members (excludes halogenated alkanes) is 19. The van der Waals surface area contributed by atoms with Crippen LogP contribution in [0.3, 0.4) is 0 Å². The van der Waals surface area contributed by atoms with Gasteiger partial charge in [0.2, 0.25) is 0 Å². The summed E-state index contributed by atoms with van der Waals surface area (Å²) >= 11 is 0. The minimum Gasteiger partial charge on any atom is -0.466 e. The van der Waals surface area contributed by atoms with E-state index in [9.17, 15) is 9.59 Å². The fraction of sp³-hybridized carbons (Fsp3) is 0.933. The first-order valence-electron chi connectivity index (χ1n) is 15.0. The fourth-order valence-corrected chi connectivity index (χ4v) is 4.23. The molecule has 0 aromatic heterocycles. The standard InChI is InChI=1S/C30H58O4/c1-3-5-7-9-11-16-20-24-28-34-30(32)26-22-18-15-13-12-14-17-21-25-29(31)33-27-23-19-10-8-6-4-2/h3-28H2,1-2H3. The van der Waals surface area contributed by atoms with Gasteiger partial charge in [-0.25, -0.2) is 0 Å². The highest BCUT2D eigenvalue weighted by Gasteiger charge is 2.04. The maximum Gasteiger partial charge on any atom is 0.305 e. The Balaban J connectivity index is 3.23. The van der Waals surface area contributed by atoms with Gasteiger partial charge in [0.05, 0.1) is 13.2 Å². The van der Waals surface area contributed by atoms with Crippen molar-refractivity contribution in [2.24, 2.45) is 0 Å². The average molecular weight is 483 g/mol. The number of rotatable bonds is 27. The van der Waals surface area contributed by atoms with Gasteiger partial charge >= 0.3 is 11.9 Å². The predicted octanol–water partition coefficient (Wildman–Crippen LogP) is 9.48. The summed E-state index contributed by atoms with van der Waals surface area (Å²) in [5.74, 6) is -0.0471. The summed E-state index contributed by atoms with van der Waals surface area (Å²) in [7, 11) is 0. The molecule has 0 fully saturated rings. The molecule has 0 atom stereocenters. The SMILES string of the molecule is CCCCCCCCCCOC(=O)CCCCCCCCCCC(=O)OCCCCCCCC. The largest absolute Gasteiger partial charge is 0.466 e. The molecule has 0 saturated heterocycles. The smallest absolute Gasteiger partial charge is 0.305 e. The lowest BCUT2D eigenvalue weighted by molar-refractivity contribution is -0.144. The molecule has 0 N–H and O–H groups in total. The van der Waals surface area contributed by atoms with Crippen molar-refractivity contribution in [3.05, 3.63) is 0 Å². The van der Waals surface area contributed by atoms with Crippen molar-refractivity contribution in [3.63, 3.8) is 0 Å². The van der Waals surface area contributed by atoms with Crippen molar-refractivity contribution in [3.8, 4) is 0 Å². The number of hydrogen-bond acceptors (Lipinski definition) is 4. The third-order valence-corrected chi connectivity index (χ3v) is 6.53. The second kappa shape index (κ2) is 28.2. The molecule has 0 aliphatic rings. The summed E-state index contributed by atoms with van der Waals surface area (Å²) < 4.78 is 10.7. The Labute approximate surface area is 212 Å². The molecule has 0 heterocycles. The Morgan fingerprint density at radius 1 is 0.382 bits per heavy atom. The Bertz CT molecular complexity index is 436. The fourth-order valence-electron chi connectivity index (χ4n) is 4.23. The predicted molar refractivity (Wildman–Crippen MR) is 144 cm³/mol. The van der Waals surface area contributed by atoms with E-state index < -0.39 is 0 Å². The van der Waals surface area contributed by atoms with Crippen molar-refractivity contribution in [2.75, 3.05) is 13.2 Å². The Hall–Kier alpha value is -1.06. The molecule has 0 bridgehead atoms. The Kier molecular flexibility index (Phi) is 27.3. The molecular weight excluding hydrogens is 424 g/mol. The van der Waals surface area contributed by atoms with E-state index in [1.54, 1.807) is 0 Å². The van der Waals surface area contributed by atoms with E-state index in [2.05, 4.69) is 13.8 Å². The van der Waals surface area contributed by atoms with Crippen LogP contribution in [-0.4, -0.2) is 25.2 Å². The second-order valence-electron chi connectivity index (χ2n) is 10.0. The highest BCUT2D eigenvalue weighted by Crippen LogP contribution is 2.12. The van der Waals surface area contributed by atoms with Crippen molar-refractivity contribution >= 4 is 11.9 Å². The summed E-state index contributed by atoms with van der Waals surface area (Å²) in [5, 5.41) is 0. The molecule has 202 valence electrons. The van der Waals surface area contributed by atoms with Crippen molar-refractivity contribution in [1.82, 2.24) is 0 Å². The third-order valence-electron chi connectivity index (χ3n) is 6.53. The normalized spacial score (nSPS) is 11.0. The van der Waals surface area contributed by atoms with E-state index in [1.165, 1.54) is 103 Å². The van der Waals surface area contributed by atoms with Gasteiger partial charge in [-0.3, -0.25) is 9.59 Å². The van der Waals surface area contributed by atoms with E-state index in [0.29, 0.717) is 26.1 Å². The number of carbonyl (C=O) groups excluding carboxylic acids is 2. The highest BCUT2D eigenvalue weighted by molar-refractivity contribution is 5.69. The molecule has 4 heteroatoms. The molecule has 4 nitrogen and oxygen atoms in total. The molecule has 0 aliphatic heterocycles. The van der Waals surface area contributed by atoms with Crippen LogP contribution in [0.15, 0.2) is 0 Å². The first-order chi connectivity index (χ1) is 16.7. The van der Waals surface area contributed by atoms with Gasteiger partial charge in [-0.2, -0.15) is 0 Å². The molecule has 0 saturated carbocycles. The zero-order valence-electron chi connectivity index (χ0n) is 23.0. The molecule has 0 spiro atoms. The van der Waals surface area contributed by atoms with Crippen LogP contribution < -0.4 is 0 Å². The monoisotopic (exact) mass is 482 g/mol. The number of esters is 2. The molecular formula is C30H58O4. The van der Waals surface area contributed by atoms with Crippen molar-refractivity contribution < 1.29 is 19.1 Å². The van der Waals surface area contributed by atoms with E-state index in [0.717, 1.165) is 38.5 Å². The molecule has 0 radical (unpaired) electrons. The van der Waals surface area contributed by atoms with Crippen molar-refractivity contribution in [2.45, 2.75) is 168 Å². The summed E-state index contributed by atoms with van der Waals surface area (Å²) in [4.78, 5) is 23.5. The van der Waals surface area contributed by atoms with E-state index >= 15 is 0 Å². The van der Waals surface area contributed by atoms with Crippen LogP contribution >= 0.6 is 0 Å². The van der Waals surface area contributed by atoms with E-state index in [-0.39, 0.29) is 11.9 Å².